The fourth-order valence-corrected chi connectivity index (χ4v) is 1.35. The molecule has 0 atom stereocenters. The summed E-state index contributed by atoms with van der Waals surface area (Å²) in [6.07, 6.45) is 5.59. The predicted molar refractivity (Wildman–Crippen MR) is 58.3 cm³/mol. The molecule has 1 N–H and O–H groups in total. The molecule has 70 valence electrons. The Morgan fingerprint density at radius 1 is 1.77 bits per heavy atom. The topological polar surface area (TPSA) is 29.9 Å². The first kappa shape index (κ1) is 9.92. The van der Waals surface area contributed by atoms with Gasteiger partial charge in [0.25, 0.3) is 0 Å². The molecule has 1 aromatic rings. The number of hydrogen-bond donors (Lipinski definition) is 2. The van der Waals surface area contributed by atoms with E-state index in [9.17, 15) is 0 Å². The van der Waals surface area contributed by atoms with Crippen molar-refractivity contribution in [3.63, 3.8) is 0 Å². The first-order valence-electron chi connectivity index (χ1n) is 3.94. The second-order valence-corrected chi connectivity index (χ2v) is 2.89. The van der Waals surface area contributed by atoms with Gasteiger partial charge in [0.15, 0.2) is 0 Å². The van der Waals surface area contributed by atoms with Crippen molar-refractivity contribution >= 4 is 25.1 Å². The number of rotatable bonds is 2. The number of hydrogen-bond acceptors (Lipinski definition) is 3. The zero-order valence-corrected chi connectivity index (χ0v) is 8.68. The van der Waals surface area contributed by atoms with Crippen molar-refractivity contribution < 1.29 is 0 Å². The van der Waals surface area contributed by atoms with Crippen LogP contribution in [-0.4, -0.2) is 9.78 Å². The van der Waals surface area contributed by atoms with Crippen molar-refractivity contribution in [2.75, 3.05) is 0 Å². The lowest BCUT2D eigenvalue weighted by atomic mass is 10.3. The van der Waals surface area contributed by atoms with Crippen molar-refractivity contribution in [3.05, 3.63) is 28.9 Å². The molecule has 4 heteroatoms. The molecule has 0 bridgehead atoms. The average molecular weight is 195 g/mol. The van der Waals surface area contributed by atoms with Crippen molar-refractivity contribution in [2.24, 2.45) is 7.05 Å². The molecule has 0 spiro atoms. The number of nitrogens with one attached hydrogen (secondary N) is 1. The SMILES string of the molecule is C=c1cnn(C)/c1=C(/C=C\C)NS. The van der Waals surface area contributed by atoms with Gasteiger partial charge in [-0.15, -0.1) is 0 Å². The Balaban J connectivity index is 3.53. The van der Waals surface area contributed by atoms with Crippen molar-refractivity contribution in [2.45, 2.75) is 6.92 Å². The van der Waals surface area contributed by atoms with Crippen molar-refractivity contribution in [3.8, 4) is 0 Å². The summed E-state index contributed by atoms with van der Waals surface area (Å²) < 4.78 is 4.58. The normalized spacial score (nSPS) is 13.5. The zero-order chi connectivity index (χ0) is 9.84. The fourth-order valence-electron chi connectivity index (χ4n) is 1.17. The molecule has 3 nitrogen and oxygen atoms in total. The molecule has 0 aliphatic heterocycles. The molecule has 1 aromatic heterocycles. The summed E-state index contributed by atoms with van der Waals surface area (Å²) in [6, 6.07) is 0. The first-order valence-corrected chi connectivity index (χ1v) is 4.39. The van der Waals surface area contributed by atoms with E-state index in [-0.39, 0.29) is 0 Å². The number of aromatic nitrogens is 2. The van der Waals surface area contributed by atoms with Crippen LogP contribution in [0.1, 0.15) is 6.92 Å². The van der Waals surface area contributed by atoms with Crippen LogP contribution in [0.2, 0.25) is 0 Å². The molecule has 1 heterocycles. The minimum absolute atomic E-state index is 0.886. The number of aryl methyl sites for hydroxylation is 1. The van der Waals surface area contributed by atoms with Crippen LogP contribution in [0.3, 0.4) is 0 Å². The van der Waals surface area contributed by atoms with E-state index in [0.717, 1.165) is 16.3 Å². The van der Waals surface area contributed by atoms with E-state index < -0.39 is 0 Å². The Kier molecular flexibility index (Phi) is 3.19. The summed E-state index contributed by atoms with van der Waals surface area (Å²) in [5, 5.41) is 5.93. The Bertz CT molecular complexity index is 417. The van der Waals surface area contributed by atoms with Gasteiger partial charge in [-0.25, -0.2) is 0 Å². The summed E-state index contributed by atoms with van der Waals surface area (Å²) in [6.45, 7) is 5.83. The van der Waals surface area contributed by atoms with Crippen LogP contribution in [-0.2, 0) is 7.05 Å². The first-order chi connectivity index (χ1) is 6.20. The van der Waals surface area contributed by atoms with E-state index in [1.54, 1.807) is 10.9 Å². The smallest absolute Gasteiger partial charge is 0.0912 e. The molecule has 0 aromatic carbocycles. The molecule has 0 saturated heterocycles. The highest BCUT2D eigenvalue weighted by molar-refractivity contribution is 7.78. The van der Waals surface area contributed by atoms with Crippen LogP contribution in [0.5, 0.6) is 0 Å². The second kappa shape index (κ2) is 4.18. The van der Waals surface area contributed by atoms with Crippen LogP contribution in [0.25, 0.3) is 12.3 Å². The summed E-state index contributed by atoms with van der Waals surface area (Å²) >= 11 is 4.02. The van der Waals surface area contributed by atoms with Gasteiger partial charge in [0.05, 0.1) is 17.2 Å². The van der Waals surface area contributed by atoms with Crippen molar-refractivity contribution in [1.29, 1.82) is 0 Å². The Morgan fingerprint density at radius 2 is 2.46 bits per heavy atom. The summed E-state index contributed by atoms with van der Waals surface area (Å²) in [7, 11) is 1.87. The maximum atomic E-state index is 4.09. The minimum Gasteiger partial charge on any atom is -0.331 e. The number of thiol groups is 1. The Morgan fingerprint density at radius 3 is 2.85 bits per heavy atom. The van der Waals surface area contributed by atoms with E-state index in [2.05, 4.69) is 29.2 Å². The molecule has 0 fully saturated rings. The Labute approximate surface area is 83.0 Å². The second-order valence-electron chi connectivity index (χ2n) is 2.67. The summed E-state index contributed by atoms with van der Waals surface area (Å²) in [4.78, 5) is 0. The van der Waals surface area contributed by atoms with E-state index >= 15 is 0 Å². The molecule has 0 unspecified atom stereocenters. The molecular formula is C9H13N3S. The lowest BCUT2D eigenvalue weighted by Gasteiger charge is -1.99. The van der Waals surface area contributed by atoms with Gasteiger partial charge in [0, 0.05) is 12.3 Å². The maximum Gasteiger partial charge on any atom is 0.0912 e. The van der Waals surface area contributed by atoms with Crippen LogP contribution < -0.4 is 15.3 Å². The van der Waals surface area contributed by atoms with Crippen LogP contribution in [0, 0.1) is 0 Å². The largest absolute Gasteiger partial charge is 0.331 e. The highest BCUT2D eigenvalue weighted by atomic mass is 32.1. The lowest BCUT2D eigenvalue weighted by Crippen LogP contribution is -2.31. The van der Waals surface area contributed by atoms with Crippen molar-refractivity contribution in [1.82, 2.24) is 14.5 Å². The summed E-state index contributed by atoms with van der Waals surface area (Å²) in [5.74, 6) is 0. The van der Waals surface area contributed by atoms with E-state index in [0.29, 0.717) is 0 Å². The van der Waals surface area contributed by atoms with Gasteiger partial charge in [0.2, 0.25) is 0 Å². The average Bonchev–Trinajstić information content (AvgIpc) is 2.43. The zero-order valence-electron chi connectivity index (χ0n) is 7.78. The highest BCUT2D eigenvalue weighted by Crippen LogP contribution is 1.89. The van der Waals surface area contributed by atoms with Crippen LogP contribution >= 0.6 is 12.8 Å². The van der Waals surface area contributed by atoms with Gasteiger partial charge in [-0.1, -0.05) is 25.5 Å². The van der Waals surface area contributed by atoms with Gasteiger partial charge >= 0.3 is 0 Å². The third kappa shape index (κ3) is 1.95. The highest BCUT2D eigenvalue weighted by Gasteiger charge is 1.96. The monoisotopic (exact) mass is 195 g/mol. The minimum atomic E-state index is 0.886. The maximum absolute atomic E-state index is 4.09. The standard InChI is InChI=1S/C9H13N3S/c1-4-5-8(11-13)9-7(2)6-10-12(9)3/h4-6,11,13H,2H2,1,3H3/b5-4-,9-8-. The van der Waals surface area contributed by atoms with Gasteiger partial charge in [-0.05, 0) is 13.0 Å². The molecule has 0 saturated carbocycles. The Hall–Kier alpha value is -1.16. The van der Waals surface area contributed by atoms with Crippen LogP contribution in [0.15, 0.2) is 18.3 Å². The van der Waals surface area contributed by atoms with E-state index in [1.165, 1.54) is 0 Å². The molecule has 13 heavy (non-hydrogen) atoms. The molecule has 0 radical (unpaired) electrons. The fraction of sp³-hybridized carbons (Fsp3) is 0.222. The van der Waals surface area contributed by atoms with E-state index in [1.807, 2.05) is 26.1 Å². The molecule has 0 amide bonds. The number of allylic oxidation sites excluding steroid dienone is 1. The van der Waals surface area contributed by atoms with Crippen LogP contribution in [0.4, 0.5) is 0 Å². The van der Waals surface area contributed by atoms with Gasteiger partial charge in [0.1, 0.15) is 0 Å². The third-order valence-corrected chi connectivity index (χ3v) is 1.96. The predicted octanol–water partition coefficient (Wildman–Crippen LogP) is -0.0509. The van der Waals surface area contributed by atoms with Gasteiger partial charge in [-0.3, -0.25) is 4.68 Å². The molecule has 1 rings (SSSR count). The van der Waals surface area contributed by atoms with E-state index in [4.69, 9.17) is 0 Å². The van der Waals surface area contributed by atoms with Gasteiger partial charge < -0.3 is 4.72 Å². The third-order valence-electron chi connectivity index (χ3n) is 1.72. The van der Waals surface area contributed by atoms with Gasteiger partial charge in [-0.2, -0.15) is 5.10 Å². The number of nitrogens with zero attached hydrogens (tertiary/aromatic N) is 2. The lowest BCUT2D eigenvalue weighted by molar-refractivity contribution is 0.739. The summed E-state index contributed by atoms with van der Waals surface area (Å²) in [5.41, 5.74) is 0.899. The molecular weight excluding hydrogens is 182 g/mol. The quantitative estimate of drug-likeness (QED) is 0.648. The molecule has 0 aliphatic rings. The molecule has 0 aliphatic carbocycles.